The van der Waals surface area contributed by atoms with Gasteiger partial charge in [0.2, 0.25) is 17.7 Å². The third kappa shape index (κ3) is 8.35. The number of allylic oxidation sites excluding steroid dienone is 1. The largest absolute Gasteiger partial charge is 0.381 e. The average Bonchev–Trinajstić information content (AvgIpc) is 3.45. The van der Waals surface area contributed by atoms with Gasteiger partial charge in [-0.1, -0.05) is 51.6 Å². The van der Waals surface area contributed by atoms with Crippen LogP contribution in [0.1, 0.15) is 82.5 Å². The second-order valence-corrected chi connectivity index (χ2v) is 12.4. The summed E-state index contributed by atoms with van der Waals surface area (Å²) in [5.41, 5.74) is 6.54. The van der Waals surface area contributed by atoms with E-state index in [2.05, 4.69) is 41.3 Å². The van der Waals surface area contributed by atoms with Gasteiger partial charge in [-0.3, -0.25) is 24.2 Å². The lowest BCUT2D eigenvalue weighted by Crippen LogP contribution is -2.62. The second-order valence-electron chi connectivity index (χ2n) is 12.4. The summed E-state index contributed by atoms with van der Waals surface area (Å²) in [4.78, 5) is 55.1. The van der Waals surface area contributed by atoms with Crippen molar-refractivity contribution < 1.29 is 23.9 Å². The maximum atomic E-state index is 13.6. The van der Waals surface area contributed by atoms with Gasteiger partial charge >= 0.3 is 0 Å². The highest BCUT2D eigenvalue weighted by Gasteiger charge is 2.37. The van der Waals surface area contributed by atoms with E-state index in [1.165, 1.54) is 10.6 Å². The van der Waals surface area contributed by atoms with E-state index in [-0.39, 0.29) is 35.8 Å². The predicted octanol–water partition coefficient (Wildman–Crippen LogP) is 3.53. The first-order valence-corrected chi connectivity index (χ1v) is 15.8. The van der Waals surface area contributed by atoms with Crippen LogP contribution in [0.5, 0.6) is 0 Å². The van der Waals surface area contributed by atoms with Crippen LogP contribution < -0.4 is 16.1 Å². The number of carbonyl (C=O) groups is 4. The number of aryl methyl sites for hydroxylation is 1. The molecule has 1 heterocycles. The molecule has 1 aliphatic carbocycles. The molecule has 1 saturated heterocycles. The summed E-state index contributed by atoms with van der Waals surface area (Å²) in [5.74, 6) is -1.82. The lowest BCUT2D eigenvalue weighted by Gasteiger charge is -2.37. The van der Waals surface area contributed by atoms with Crippen LogP contribution in [-0.4, -0.2) is 78.5 Å². The molecule has 1 fully saturated rings. The summed E-state index contributed by atoms with van der Waals surface area (Å²) in [5, 5.41) is 7.08. The highest BCUT2D eigenvalue weighted by atomic mass is 16.5. The zero-order valence-corrected chi connectivity index (χ0v) is 27.2. The molecule has 0 radical (unpaired) electrons. The van der Waals surface area contributed by atoms with Gasteiger partial charge in [0.1, 0.15) is 18.1 Å². The van der Waals surface area contributed by atoms with Gasteiger partial charge in [0, 0.05) is 20.7 Å². The van der Waals surface area contributed by atoms with Gasteiger partial charge in [0.25, 0.3) is 5.91 Å². The molecule has 242 valence electrons. The van der Waals surface area contributed by atoms with Crippen molar-refractivity contribution in [3.05, 3.63) is 54.1 Å². The molecular weight excluding hydrogens is 558 g/mol. The van der Waals surface area contributed by atoms with Crippen LogP contribution in [0.15, 0.2) is 37.4 Å². The van der Waals surface area contributed by atoms with Crippen LogP contribution >= 0.6 is 0 Å². The summed E-state index contributed by atoms with van der Waals surface area (Å²) >= 11 is 0. The van der Waals surface area contributed by atoms with Crippen molar-refractivity contribution >= 4 is 29.7 Å². The quantitative estimate of drug-likeness (QED) is 0.278. The Kier molecular flexibility index (Phi) is 12.7. The van der Waals surface area contributed by atoms with Crippen molar-refractivity contribution in [3.63, 3.8) is 0 Å². The van der Waals surface area contributed by atoms with Gasteiger partial charge < -0.3 is 20.3 Å². The van der Waals surface area contributed by atoms with Gasteiger partial charge in [-0.2, -0.15) is 0 Å². The third-order valence-electron chi connectivity index (χ3n) is 8.92. The van der Waals surface area contributed by atoms with Crippen LogP contribution in [0.25, 0.3) is 6.08 Å². The Morgan fingerprint density at radius 1 is 1.11 bits per heavy atom. The molecular formula is C34H51N5O5. The summed E-state index contributed by atoms with van der Waals surface area (Å²) < 4.78 is 5.50. The number of likely N-dealkylation sites (N-methyl/N-ethyl adjacent to an activating group) is 1. The number of fused-ring (bicyclic) bond motifs is 1. The molecule has 1 aromatic carbocycles. The van der Waals surface area contributed by atoms with Crippen LogP contribution in [0.2, 0.25) is 0 Å². The first-order chi connectivity index (χ1) is 20.9. The summed E-state index contributed by atoms with van der Waals surface area (Å²) in [6.45, 7) is 15.1. The number of ether oxygens (including phenoxy) is 1. The highest BCUT2D eigenvalue weighted by molar-refractivity contribution is 5.92. The molecule has 0 bridgehead atoms. The molecule has 2 aliphatic rings. The lowest BCUT2D eigenvalue weighted by molar-refractivity contribution is -0.146. The predicted molar refractivity (Wildman–Crippen MR) is 172 cm³/mol. The molecule has 3 rings (SSSR count). The maximum Gasteiger partial charge on any atom is 0.258 e. The van der Waals surface area contributed by atoms with Gasteiger partial charge in [0.15, 0.2) is 0 Å². The van der Waals surface area contributed by atoms with Gasteiger partial charge in [-0.05, 0) is 74.1 Å². The van der Waals surface area contributed by atoms with Crippen molar-refractivity contribution in [2.75, 3.05) is 20.7 Å². The Balaban J connectivity index is 1.60. The molecule has 3 N–H and O–H groups in total. The topological polar surface area (TPSA) is 120 Å². The molecule has 0 spiro atoms. The Hall–Kier alpha value is -3.50. The van der Waals surface area contributed by atoms with Crippen molar-refractivity contribution in [3.8, 4) is 0 Å². The molecule has 0 saturated carbocycles. The summed E-state index contributed by atoms with van der Waals surface area (Å²) in [6, 6.07) is 3.98. The smallest absolute Gasteiger partial charge is 0.258 e. The van der Waals surface area contributed by atoms with Crippen LogP contribution in [0.3, 0.4) is 0 Å². The number of amides is 4. The van der Waals surface area contributed by atoms with E-state index in [1.54, 1.807) is 31.9 Å². The first kappa shape index (κ1) is 35.0. The SMILES string of the molecule is C=CCCC(OC)C(C)C(=O)N[C@H](C(=O)NC(C)C(=O)N1CCCC(C(=O)N(C)[C@@H]2CCc3ccc(C=C)cc32)N1)C(C)C. The molecule has 1 aromatic rings. The van der Waals surface area contributed by atoms with Crippen molar-refractivity contribution in [1.82, 2.24) is 26.0 Å². The Bertz CT molecular complexity index is 1220. The fourth-order valence-electron chi connectivity index (χ4n) is 6.09. The number of benzene rings is 1. The number of hydrogen-bond donors (Lipinski definition) is 3. The zero-order valence-electron chi connectivity index (χ0n) is 27.2. The molecule has 6 atom stereocenters. The molecule has 10 heteroatoms. The molecule has 1 aliphatic heterocycles. The minimum atomic E-state index is -0.865. The monoisotopic (exact) mass is 609 g/mol. The standard InChI is InChI=1S/C34H51N5O5/c1-9-11-14-29(44-8)22(5)31(40)36-30(21(3)4)32(41)35-23(6)33(42)39-19-12-13-27(37-39)34(43)38(7)28-18-17-25-16-15-24(10-2)20-26(25)28/h9-10,15-16,20-23,27-30,37H,1-2,11-14,17-19H2,3-8H3,(H,35,41)(H,36,40)/t22?,23?,27?,28-,29?,30+/m1/s1. The Morgan fingerprint density at radius 2 is 1.84 bits per heavy atom. The van der Waals surface area contributed by atoms with Crippen LogP contribution in [-0.2, 0) is 30.3 Å². The Morgan fingerprint density at radius 3 is 2.48 bits per heavy atom. The number of rotatable bonds is 14. The number of carbonyl (C=O) groups excluding carboxylic acids is 4. The van der Waals surface area contributed by atoms with Crippen molar-refractivity contribution in [1.29, 1.82) is 0 Å². The van der Waals surface area contributed by atoms with E-state index in [0.29, 0.717) is 32.2 Å². The fraction of sp³-hybridized carbons (Fsp3) is 0.588. The van der Waals surface area contributed by atoms with Crippen LogP contribution in [0.4, 0.5) is 0 Å². The van der Waals surface area contributed by atoms with E-state index < -0.39 is 30.0 Å². The molecule has 0 aromatic heterocycles. The minimum Gasteiger partial charge on any atom is -0.381 e. The molecule has 44 heavy (non-hydrogen) atoms. The number of nitrogens with zero attached hydrogens (tertiary/aromatic N) is 2. The number of hydrazine groups is 1. The zero-order chi connectivity index (χ0) is 32.6. The first-order valence-electron chi connectivity index (χ1n) is 15.8. The fourth-order valence-corrected chi connectivity index (χ4v) is 6.09. The summed E-state index contributed by atoms with van der Waals surface area (Å²) in [6.07, 6.45) is 7.66. The van der Waals surface area contributed by atoms with E-state index in [0.717, 1.165) is 24.0 Å². The van der Waals surface area contributed by atoms with Gasteiger partial charge in [-0.25, -0.2) is 5.43 Å². The maximum absolute atomic E-state index is 13.6. The lowest BCUT2D eigenvalue weighted by atomic mass is 9.97. The molecule has 10 nitrogen and oxygen atoms in total. The second kappa shape index (κ2) is 16.0. The van der Waals surface area contributed by atoms with Crippen LogP contribution in [0, 0.1) is 11.8 Å². The number of methoxy groups -OCH3 is 1. The van der Waals surface area contributed by atoms with E-state index >= 15 is 0 Å². The Labute approximate surface area is 262 Å². The van der Waals surface area contributed by atoms with E-state index in [1.807, 2.05) is 33.0 Å². The van der Waals surface area contributed by atoms with Gasteiger partial charge in [-0.15, -0.1) is 6.58 Å². The third-order valence-corrected chi connectivity index (χ3v) is 8.92. The van der Waals surface area contributed by atoms with Crippen molar-refractivity contribution in [2.45, 2.75) is 96.5 Å². The molecule has 4 amide bonds. The van der Waals surface area contributed by atoms with Crippen molar-refractivity contribution in [2.24, 2.45) is 11.8 Å². The highest BCUT2D eigenvalue weighted by Crippen LogP contribution is 2.36. The average molecular weight is 610 g/mol. The van der Waals surface area contributed by atoms with Gasteiger partial charge in [0.05, 0.1) is 18.1 Å². The summed E-state index contributed by atoms with van der Waals surface area (Å²) in [7, 11) is 3.39. The van der Waals surface area contributed by atoms with E-state index in [9.17, 15) is 19.2 Å². The number of nitrogens with one attached hydrogen (secondary N) is 3. The minimum absolute atomic E-state index is 0.0319. The number of hydrogen-bond acceptors (Lipinski definition) is 6. The van der Waals surface area contributed by atoms with E-state index in [4.69, 9.17) is 4.74 Å². The normalized spacial score (nSPS) is 20.6. The molecule has 4 unspecified atom stereocenters.